The number of hydrogen-bond acceptors (Lipinski definition) is 3. The van der Waals surface area contributed by atoms with Crippen LogP contribution < -0.4 is 10.3 Å². The highest BCUT2D eigenvalue weighted by Crippen LogP contribution is 2.39. The smallest absolute Gasteiger partial charge is 0.271 e. The maximum absolute atomic E-state index is 12.5. The van der Waals surface area contributed by atoms with Crippen molar-refractivity contribution in [1.29, 1.82) is 0 Å². The monoisotopic (exact) mass is 411 g/mol. The van der Waals surface area contributed by atoms with Gasteiger partial charge in [-0.3, -0.25) is 4.79 Å². The Bertz CT molecular complexity index is 1190. The third-order valence-corrected chi connectivity index (χ3v) is 5.84. The van der Waals surface area contributed by atoms with Crippen LogP contribution in [-0.4, -0.2) is 24.2 Å². The molecular formula is C27H29N3O. The number of allylic oxidation sites excluding steroid dienone is 1. The molecule has 31 heavy (non-hydrogen) atoms. The molecule has 1 aliphatic rings. The van der Waals surface area contributed by atoms with Gasteiger partial charge in [-0.15, -0.1) is 0 Å². The summed E-state index contributed by atoms with van der Waals surface area (Å²) >= 11 is 0. The van der Waals surface area contributed by atoms with Crippen LogP contribution >= 0.6 is 0 Å². The maximum Gasteiger partial charge on any atom is 0.271 e. The SMILES string of the molecule is CCCN1c2ccc(/C=N\NC(=O)c3ccc4ccccc4c3)cc2C(C)=CC1(C)C. The largest absolute Gasteiger partial charge is 0.362 e. The number of hydrazone groups is 1. The zero-order valence-electron chi connectivity index (χ0n) is 18.6. The number of hydrogen-bond donors (Lipinski definition) is 1. The maximum atomic E-state index is 12.5. The van der Waals surface area contributed by atoms with Gasteiger partial charge in [-0.05, 0) is 73.4 Å². The van der Waals surface area contributed by atoms with Crippen molar-refractivity contribution in [3.8, 4) is 0 Å². The number of benzene rings is 3. The average Bonchev–Trinajstić information content (AvgIpc) is 2.76. The first-order valence-corrected chi connectivity index (χ1v) is 10.8. The van der Waals surface area contributed by atoms with Crippen LogP contribution in [0.2, 0.25) is 0 Å². The molecule has 4 nitrogen and oxygen atoms in total. The summed E-state index contributed by atoms with van der Waals surface area (Å²) in [6.45, 7) is 9.89. The second-order valence-electron chi connectivity index (χ2n) is 8.67. The number of nitrogens with one attached hydrogen (secondary N) is 1. The number of anilines is 1. The number of rotatable bonds is 5. The van der Waals surface area contributed by atoms with Gasteiger partial charge in [0.05, 0.1) is 11.8 Å². The molecule has 0 saturated heterocycles. The fraction of sp³-hybridized carbons (Fsp3) is 0.259. The number of nitrogens with zero attached hydrogens (tertiary/aromatic N) is 2. The first kappa shape index (κ1) is 20.9. The summed E-state index contributed by atoms with van der Waals surface area (Å²) in [5, 5.41) is 6.35. The lowest BCUT2D eigenvalue weighted by Gasteiger charge is -2.43. The molecule has 158 valence electrons. The molecule has 0 fully saturated rings. The Kier molecular flexibility index (Phi) is 5.64. The van der Waals surface area contributed by atoms with Gasteiger partial charge < -0.3 is 4.90 Å². The normalized spacial score (nSPS) is 15.1. The van der Waals surface area contributed by atoms with Crippen molar-refractivity contribution in [1.82, 2.24) is 5.43 Å². The average molecular weight is 412 g/mol. The van der Waals surface area contributed by atoms with E-state index in [-0.39, 0.29) is 11.4 Å². The molecule has 0 unspecified atom stereocenters. The van der Waals surface area contributed by atoms with Crippen LogP contribution in [-0.2, 0) is 0 Å². The van der Waals surface area contributed by atoms with Crippen molar-refractivity contribution >= 4 is 34.2 Å². The number of carbonyl (C=O) groups is 1. The molecule has 0 atom stereocenters. The minimum Gasteiger partial charge on any atom is -0.362 e. The van der Waals surface area contributed by atoms with Crippen LogP contribution in [0.5, 0.6) is 0 Å². The fourth-order valence-electron chi connectivity index (χ4n) is 4.37. The van der Waals surface area contributed by atoms with Gasteiger partial charge in [0.25, 0.3) is 5.91 Å². The topological polar surface area (TPSA) is 44.7 Å². The first-order chi connectivity index (χ1) is 14.9. The molecule has 1 amide bonds. The summed E-state index contributed by atoms with van der Waals surface area (Å²) in [6.07, 6.45) is 5.13. The van der Waals surface area contributed by atoms with E-state index in [0.717, 1.165) is 29.3 Å². The zero-order valence-corrected chi connectivity index (χ0v) is 18.6. The van der Waals surface area contributed by atoms with Crippen LogP contribution in [0.15, 0.2) is 71.8 Å². The molecule has 0 radical (unpaired) electrons. The molecule has 1 N–H and O–H groups in total. The van der Waals surface area contributed by atoms with E-state index in [0.29, 0.717) is 5.56 Å². The quantitative estimate of drug-likeness (QED) is 0.412. The van der Waals surface area contributed by atoms with Gasteiger partial charge in [0.1, 0.15) is 0 Å². The molecule has 0 bridgehead atoms. The Morgan fingerprint density at radius 2 is 1.84 bits per heavy atom. The molecular weight excluding hydrogens is 382 g/mol. The zero-order chi connectivity index (χ0) is 22.0. The van der Waals surface area contributed by atoms with Crippen LogP contribution in [0.3, 0.4) is 0 Å². The molecule has 0 saturated carbocycles. The second kappa shape index (κ2) is 8.38. The Balaban J connectivity index is 1.52. The molecule has 3 aromatic carbocycles. The van der Waals surface area contributed by atoms with Crippen molar-refractivity contribution in [2.24, 2.45) is 5.10 Å². The molecule has 3 aromatic rings. The van der Waals surface area contributed by atoms with Crippen LogP contribution in [0.25, 0.3) is 16.3 Å². The highest BCUT2D eigenvalue weighted by Gasteiger charge is 2.30. The lowest BCUT2D eigenvalue weighted by atomic mass is 9.88. The van der Waals surface area contributed by atoms with Crippen molar-refractivity contribution < 1.29 is 4.79 Å². The van der Waals surface area contributed by atoms with E-state index in [2.05, 4.69) is 67.4 Å². The lowest BCUT2D eigenvalue weighted by molar-refractivity contribution is 0.0955. The Morgan fingerprint density at radius 1 is 1.06 bits per heavy atom. The molecule has 1 aliphatic heterocycles. The highest BCUT2D eigenvalue weighted by molar-refractivity contribution is 5.99. The number of carbonyl (C=O) groups excluding carboxylic acids is 1. The van der Waals surface area contributed by atoms with Crippen LogP contribution in [0.1, 0.15) is 55.6 Å². The minimum atomic E-state index is -0.216. The Hall–Kier alpha value is -3.40. The fourth-order valence-corrected chi connectivity index (χ4v) is 4.37. The first-order valence-electron chi connectivity index (χ1n) is 10.8. The van der Waals surface area contributed by atoms with E-state index in [1.165, 1.54) is 16.8 Å². The van der Waals surface area contributed by atoms with Gasteiger partial charge in [-0.1, -0.05) is 49.4 Å². The Labute approximate surface area is 184 Å². The molecule has 4 rings (SSSR count). The van der Waals surface area contributed by atoms with Crippen molar-refractivity contribution in [3.63, 3.8) is 0 Å². The summed E-state index contributed by atoms with van der Waals surface area (Å²) in [5.74, 6) is -0.216. The highest BCUT2D eigenvalue weighted by atomic mass is 16.2. The van der Waals surface area contributed by atoms with E-state index < -0.39 is 0 Å². The predicted molar refractivity (Wildman–Crippen MR) is 131 cm³/mol. The molecule has 1 heterocycles. The minimum absolute atomic E-state index is 0.00344. The van der Waals surface area contributed by atoms with E-state index in [1.807, 2.05) is 42.5 Å². The lowest BCUT2D eigenvalue weighted by Crippen LogP contribution is -2.45. The Morgan fingerprint density at radius 3 is 2.61 bits per heavy atom. The molecule has 0 aromatic heterocycles. The third kappa shape index (κ3) is 4.24. The van der Waals surface area contributed by atoms with E-state index in [1.54, 1.807) is 6.21 Å². The third-order valence-electron chi connectivity index (χ3n) is 5.84. The van der Waals surface area contributed by atoms with Crippen LogP contribution in [0, 0.1) is 0 Å². The second-order valence-corrected chi connectivity index (χ2v) is 8.67. The summed E-state index contributed by atoms with van der Waals surface area (Å²) in [7, 11) is 0. The van der Waals surface area contributed by atoms with Gasteiger partial charge >= 0.3 is 0 Å². The van der Waals surface area contributed by atoms with Gasteiger partial charge in [0.15, 0.2) is 0 Å². The summed E-state index contributed by atoms with van der Waals surface area (Å²) in [4.78, 5) is 15.0. The van der Waals surface area contributed by atoms with E-state index in [9.17, 15) is 4.79 Å². The van der Waals surface area contributed by atoms with E-state index in [4.69, 9.17) is 0 Å². The number of fused-ring (bicyclic) bond motifs is 2. The van der Waals surface area contributed by atoms with Gasteiger partial charge in [-0.25, -0.2) is 5.43 Å². The molecule has 0 spiro atoms. The number of amides is 1. The van der Waals surface area contributed by atoms with E-state index >= 15 is 0 Å². The summed E-state index contributed by atoms with van der Waals surface area (Å²) < 4.78 is 0. The van der Waals surface area contributed by atoms with Crippen molar-refractivity contribution in [3.05, 3.63) is 83.4 Å². The molecule has 4 heteroatoms. The molecule has 0 aliphatic carbocycles. The van der Waals surface area contributed by atoms with Crippen LogP contribution in [0.4, 0.5) is 5.69 Å². The van der Waals surface area contributed by atoms with Crippen molar-refractivity contribution in [2.75, 3.05) is 11.4 Å². The predicted octanol–water partition coefficient (Wildman–Crippen LogP) is 6.02. The standard InChI is InChI=1S/C27H29N3O/c1-5-14-30-25-13-10-20(15-24(25)19(2)17-27(30,3)4)18-28-29-26(31)23-12-11-21-8-6-7-9-22(21)16-23/h6-13,15-18H,5,14H2,1-4H3,(H,29,31)/b28-18-. The van der Waals surface area contributed by atoms with Gasteiger partial charge in [0.2, 0.25) is 0 Å². The van der Waals surface area contributed by atoms with Gasteiger partial charge in [-0.2, -0.15) is 5.10 Å². The summed E-state index contributed by atoms with van der Waals surface area (Å²) in [6, 6.07) is 20.0. The summed E-state index contributed by atoms with van der Waals surface area (Å²) in [5.41, 5.74) is 7.94. The van der Waals surface area contributed by atoms with Crippen molar-refractivity contribution in [2.45, 2.75) is 39.7 Å². The van der Waals surface area contributed by atoms with Gasteiger partial charge in [0, 0.05) is 23.4 Å².